The van der Waals surface area contributed by atoms with Crippen molar-refractivity contribution in [2.75, 3.05) is 7.05 Å². The van der Waals surface area contributed by atoms with Crippen molar-refractivity contribution in [1.82, 2.24) is 4.90 Å². The van der Waals surface area contributed by atoms with E-state index in [0.717, 1.165) is 44.9 Å². The first kappa shape index (κ1) is 21.6. The van der Waals surface area contributed by atoms with Crippen molar-refractivity contribution in [2.45, 2.75) is 77.2 Å². The Hall–Kier alpha value is -2.28. The second kappa shape index (κ2) is 7.37. The summed E-state index contributed by atoms with van der Waals surface area (Å²) in [6, 6.07) is 0. The Morgan fingerprint density at radius 3 is 2.69 bits per heavy atom. The summed E-state index contributed by atoms with van der Waals surface area (Å²) in [6.45, 7) is 4.68. The molecule has 170 valence electrons. The number of ether oxygens (including phenoxy) is 1. The number of carbonyl (C=O) groups excluding carboxylic acids is 2. The van der Waals surface area contributed by atoms with E-state index in [1.165, 1.54) is 5.57 Å². The molecule has 0 N–H and O–H groups in total. The Bertz CT molecular complexity index is 983. The second-order valence-corrected chi connectivity index (χ2v) is 11.2. The molecule has 0 spiro atoms. The van der Waals surface area contributed by atoms with Crippen molar-refractivity contribution < 1.29 is 14.3 Å². The standard InChI is InChI=1S/C28H35NO3/c1-5-28(32-25(31)19-7-6-16-29(4)18-19)15-12-24-22-9-8-20-17-21(30)10-13-26(20,2)23(22)11-14-27(24,28)3/h1,6,16-18,22-24H,7-15H2,2-4H3/t22-,23+,24+,26+,27+,28-/m1/s1. The predicted molar refractivity (Wildman–Crippen MR) is 124 cm³/mol. The van der Waals surface area contributed by atoms with Gasteiger partial charge in [0.15, 0.2) is 11.4 Å². The van der Waals surface area contributed by atoms with Crippen LogP contribution in [0.15, 0.2) is 35.7 Å². The third-order valence-corrected chi connectivity index (χ3v) is 9.88. The summed E-state index contributed by atoms with van der Waals surface area (Å²) in [7, 11) is 1.92. The molecule has 0 amide bonds. The quantitative estimate of drug-likeness (QED) is 0.445. The number of terminal acetylenes is 1. The first-order valence-corrected chi connectivity index (χ1v) is 12.3. The molecule has 0 radical (unpaired) electrons. The number of hydrogen-bond acceptors (Lipinski definition) is 4. The van der Waals surface area contributed by atoms with Crippen molar-refractivity contribution in [1.29, 1.82) is 0 Å². The van der Waals surface area contributed by atoms with Gasteiger partial charge in [0.2, 0.25) is 0 Å². The van der Waals surface area contributed by atoms with Gasteiger partial charge in [0, 0.05) is 31.5 Å². The van der Waals surface area contributed by atoms with Crippen LogP contribution < -0.4 is 0 Å². The molecule has 0 bridgehead atoms. The lowest BCUT2D eigenvalue weighted by molar-refractivity contribution is -0.167. The zero-order valence-corrected chi connectivity index (χ0v) is 19.7. The molecular formula is C28H35NO3. The Morgan fingerprint density at radius 1 is 1.16 bits per heavy atom. The molecule has 4 nitrogen and oxygen atoms in total. The monoisotopic (exact) mass is 433 g/mol. The van der Waals surface area contributed by atoms with E-state index in [9.17, 15) is 9.59 Å². The van der Waals surface area contributed by atoms with Crippen LogP contribution in [0.4, 0.5) is 0 Å². The maximum absolute atomic E-state index is 13.1. The molecule has 0 aromatic rings. The number of carbonyl (C=O) groups is 2. The van der Waals surface area contributed by atoms with Crippen LogP contribution >= 0.6 is 0 Å². The number of allylic oxidation sites excluding steroid dienone is 2. The summed E-state index contributed by atoms with van der Waals surface area (Å²) >= 11 is 0. The number of rotatable bonds is 2. The number of esters is 1. The molecule has 4 aliphatic carbocycles. The smallest absolute Gasteiger partial charge is 0.337 e. The fraction of sp³-hybridized carbons (Fsp3) is 0.643. The Kier molecular flexibility index (Phi) is 4.97. The lowest BCUT2D eigenvalue weighted by Crippen LogP contribution is -2.55. The lowest BCUT2D eigenvalue weighted by atomic mass is 9.46. The van der Waals surface area contributed by atoms with Gasteiger partial charge >= 0.3 is 5.97 Å². The van der Waals surface area contributed by atoms with Crippen molar-refractivity contribution in [3.05, 3.63) is 35.7 Å². The molecule has 0 saturated heterocycles. The van der Waals surface area contributed by atoms with Crippen molar-refractivity contribution >= 4 is 11.8 Å². The number of fused-ring (bicyclic) bond motifs is 5. The molecule has 1 heterocycles. The Balaban J connectivity index is 1.42. The summed E-state index contributed by atoms with van der Waals surface area (Å²) in [6.07, 6.45) is 22.1. The van der Waals surface area contributed by atoms with Gasteiger partial charge in [0.25, 0.3) is 0 Å². The van der Waals surface area contributed by atoms with Gasteiger partial charge in [-0.3, -0.25) is 4.79 Å². The van der Waals surface area contributed by atoms with Crippen LogP contribution in [0.3, 0.4) is 0 Å². The van der Waals surface area contributed by atoms with E-state index in [0.29, 0.717) is 42.0 Å². The number of nitrogens with zero attached hydrogens (tertiary/aromatic N) is 1. The molecule has 6 atom stereocenters. The zero-order chi connectivity index (χ0) is 22.7. The van der Waals surface area contributed by atoms with E-state index in [1.54, 1.807) is 0 Å². The first-order valence-electron chi connectivity index (χ1n) is 12.3. The molecule has 1 aliphatic heterocycles. The van der Waals surface area contributed by atoms with Gasteiger partial charge in [-0.1, -0.05) is 31.4 Å². The molecule has 5 aliphatic rings. The first-order chi connectivity index (χ1) is 15.2. The van der Waals surface area contributed by atoms with Crippen LogP contribution in [0.5, 0.6) is 0 Å². The van der Waals surface area contributed by atoms with Gasteiger partial charge in [-0.15, -0.1) is 6.42 Å². The normalized spacial score (nSPS) is 42.8. The summed E-state index contributed by atoms with van der Waals surface area (Å²) < 4.78 is 6.27. The zero-order valence-electron chi connectivity index (χ0n) is 19.7. The summed E-state index contributed by atoms with van der Waals surface area (Å²) in [5.41, 5.74) is 1.15. The highest BCUT2D eigenvalue weighted by molar-refractivity contribution is 5.91. The van der Waals surface area contributed by atoms with Crippen molar-refractivity contribution in [3.63, 3.8) is 0 Å². The lowest BCUT2D eigenvalue weighted by Gasteiger charge is -2.58. The maximum atomic E-state index is 13.1. The minimum atomic E-state index is -0.833. The highest BCUT2D eigenvalue weighted by Crippen LogP contribution is 2.68. The third kappa shape index (κ3) is 2.96. The predicted octanol–water partition coefficient (Wildman–Crippen LogP) is 5.17. The van der Waals surface area contributed by atoms with E-state index in [1.807, 2.05) is 36.5 Å². The fourth-order valence-electron chi connectivity index (χ4n) is 8.04. The summed E-state index contributed by atoms with van der Waals surface area (Å²) in [5.74, 6) is 4.68. The topological polar surface area (TPSA) is 46.6 Å². The highest BCUT2D eigenvalue weighted by atomic mass is 16.6. The minimum Gasteiger partial charge on any atom is -0.442 e. The van der Waals surface area contributed by atoms with Gasteiger partial charge in [0.1, 0.15) is 0 Å². The van der Waals surface area contributed by atoms with Gasteiger partial charge < -0.3 is 9.64 Å². The Morgan fingerprint density at radius 2 is 1.94 bits per heavy atom. The Labute approximate surface area is 192 Å². The van der Waals surface area contributed by atoms with Gasteiger partial charge in [-0.05, 0) is 80.4 Å². The molecular weight excluding hydrogens is 398 g/mol. The second-order valence-electron chi connectivity index (χ2n) is 11.2. The molecule has 0 unspecified atom stereocenters. The molecule has 4 heteroatoms. The highest BCUT2D eigenvalue weighted by Gasteiger charge is 2.65. The molecule has 0 aromatic heterocycles. The fourth-order valence-corrected chi connectivity index (χ4v) is 8.04. The number of hydrogen-bond donors (Lipinski definition) is 0. The van der Waals surface area contributed by atoms with Gasteiger partial charge in [0.05, 0.1) is 5.57 Å². The van der Waals surface area contributed by atoms with Crippen LogP contribution in [-0.2, 0) is 14.3 Å². The molecule has 32 heavy (non-hydrogen) atoms. The van der Waals surface area contributed by atoms with E-state index in [2.05, 4.69) is 19.8 Å². The third-order valence-electron chi connectivity index (χ3n) is 9.88. The van der Waals surface area contributed by atoms with Crippen molar-refractivity contribution in [2.24, 2.45) is 28.6 Å². The SMILES string of the molecule is C#C[C@@]1(OC(=O)C2=CN(C)C=CC2)CC[C@H]2[C@@H]3CCC4=CC(=O)CC[C@]4(C)[C@H]3CC[C@@]21C. The van der Waals surface area contributed by atoms with E-state index >= 15 is 0 Å². The average molecular weight is 434 g/mol. The van der Waals surface area contributed by atoms with Crippen LogP contribution in [0.25, 0.3) is 0 Å². The van der Waals surface area contributed by atoms with Crippen LogP contribution in [0, 0.1) is 40.9 Å². The van der Waals surface area contributed by atoms with Crippen LogP contribution in [0.1, 0.15) is 71.6 Å². The minimum absolute atomic E-state index is 0.139. The van der Waals surface area contributed by atoms with E-state index in [-0.39, 0.29) is 16.8 Å². The molecule has 5 rings (SSSR count). The average Bonchev–Trinajstić information content (AvgIpc) is 3.06. The molecule has 0 aromatic carbocycles. The summed E-state index contributed by atoms with van der Waals surface area (Å²) in [5, 5.41) is 0. The van der Waals surface area contributed by atoms with Gasteiger partial charge in [-0.25, -0.2) is 4.79 Å². The van der Waals surface area contributed by atoms with E-state index < -0.39 is 5.60 Å². The number of ketones is 1. The van der Waals surface area contributed by atoms with Crippen LogP contribution in [0.2, 0.25) is 0 Å². The van der Waals surface area contributed by atoms with Gasteiger partial charge in [-0.2, -0.15) is 0 Å². The van der Waals surface area contributed by atoms with E-state index in [4.69, 9.17) is 11.2 Å². The maximum Gasteiger partial charge on any atom is 0.337 e. The summed E-state index contributed by atoms with van der Waals surface area (Å²) in [4.78, 5) is 27.1. The van der Waals surface area contributed by atoms with Crippen LogP contribution in [-0.4, -0.2) is 29.3 Å². The molecule has 3 saturated carbocycles. The molecule has 3 fully saturated rings. The van der Waals surface area contributed by atoms with Crippen molar-refractivity contribution in [3.8, 4) is 12.3 Å². The largest absolute Gasteiger partial charge is 0.442 e.